The number of methoxy groups -OCH3 is 1. The van der Waals surface area contributed by atoms with Crippen molar-refractivity contribution in [3.05, 3.63) is 29.6 Å². The van der Waals surface area contributed by atoms with Crippen LogP contribution in [0.5, 0.6) is 5.75 Å². The fraction of sp³-hybridized carbons (Fsp3) is 0.538. The summed E-state index contributed by atoms with van der Waals surface area (Å²) in [5, 5.41) is 3.08. The Balaban J connectivity index is 2.10. The quantitative estimate of drug-likeness (QED) is 0.871. The summed E-state index contributed by atoms with van der Waals surface area (Å²) in [6.07, 6.45) is 0.323. The van der Waals surface area contributed by atoms with Gasteiger partial charge in [0.05, 0.1) is 20.3 Å². The topological polar surface area (TPSA) is 39.7 Å². The van der Waals surface area contributed by atoms with E-state index in [0.29, 0.717) is 30.9 Å². The van der Waals surface area contributed by atoms with Crippen LogP contribution in [-0.4, -0.2) is 33.7 Å². The van der Waals surface area contributed by atoms with Crippen LogP contribution in [0.25, 0.3) is 0 Å². The molecular formula is C13H18FNO3. The maximum atomic E-state index is 13.9. The molecule has 1 atom stereocenters. The van der Waals surface area contributed by atoms with Gasteiger partial charge in [-0.05, 0) is 13.1 Å². The summed E-state index contributed by atoms with van der Waals surface area (Å²) >= 11 is 0. The van der Waals surface area contributed by atoms with E-state index in [-0.39, 0.29) is 18.1 Å². The maximum absolute atomic E-state index is 13.9. The van der Waals surface area contributed by atoms with Crippen molar-refractivity contribution in [2.75, 3.05) is 27.4 Å². The van der Waals surface area contributed by atoms with Crippen LogP contribution < -0.4 is 10.1 Å². The van der Waals surface area contributed by atoms with E-state index in [0.717, 1.165) is 0 Å². The molecule has 1 fully saturated rings. The Kier molecular flexibility index (Phi) is 4.52. The zero-order valence-corrected chi connectivity index (χ0v) is 10.6. The highest BCUT2D eigenvalue weighted by Crippen LogP contribution is 2.26. The van der Waals surface area contributed by atoms with E-state index in [2.05, 4.69) is 5.32 Å². The van der Waals surface area contributed by atoms with E-state index in [1.807, 2.05) is 0 Å². The zero-order valence-electron chi connectivity index (χ0n) is 10.6. The van der Waals surface area contributed by atoms with Gasteiger partial charge in [0.1, 0.15) is 11.6 Å². The maximum Gasteiger partial charge on any atom is 0.159 e. The lowest BCUT2D eigenvalue weighted by molar-refractivity contribution is -0.0527. The van der Waals surface area contributed by atoms with E-state index < -0.39 is 0 Å². The molecule has 0 aromatic heterocycles. The number of nitrogens with one attached hydrogen (secondary N) is 1. The first-order valence-electron chi connectivity index (χ1n) is 5.98. The third kappa shape index (κ3) is 2.98. The zero-order chi connectivity index (χ0) is 13.0. The van der Waals surface area contributed by atoms with E-state index in [4.69, 9.17) is 14.2 Å². The molecule has 2 rings (SSSR count). The highest BCUT2D eigenvalue weighted by molar-refractivity contribution is 5.30. The highest BCUT2D eigenvalue weighted by atomic mass is 19.1. The van der Waals surface area contributed by atoms with Crippen LogP contribution in [0.4, 0.5) is 4.39 Å². The Labute approximate surface area is 106 Å². The van der Waals surface area contributed by atoms with Crippen molar-refractivity contribution >= 4 is 0 Å². The molecule has 1 aliphatic heterocycles. The molecule has 18 heavy (non-hydrogen) atoms. The van der Waals surface area contributed by atoms with Crippen LogP contribution in [0, 0.1) is 5.82 Å². The van der Waals surface area contributed by atoms with Crippen LogP contribution in [-0.2, 0) is 9.47 Å². The molecule has 100 valence electrons. The molecule has 0 amide bonds. The minimum absolute atomic E-state index is 0.140. The molecule has 5 heteroatoms. The molecule has 0 radical (unpaired) electrons. The number of halogens is 1. The molecule has 1 aliphatic rings. The highest BCUT2D eigenvalue weighted by Gasteiger charge is 2.23. The Bertz CT molecular complexity index is 394. The molecule has 1 unspecified atom stereocenters. The van der Waals surface area contributed by atoms with Gasteiger partial charge in [0.15, 0.2) is 6.29 Å². The van der Waals surface area contributed by atoms with Crippen molar-refractivity contribution in [2.24, 2.45) is 0 Å². The Hall–Kier alpha value is -1.17. The van der Waals surface area contributed by atoms with Crippen molar-refractivity contribution in [3.63, 3.8) is 0 Å². The largest absolute Gasteiger partial charge is 0.497 e. The van der Waals surface area contributed by atoms with Gasteiger partial charge >= 0.3 is 0 Å². The third-order valence-electron chi connectivity index (χ3n) is 3.05. The van der Waals surface area contributed by atoms with E-state index in [1.165, 1.54) is 13.2 Å². The van der Waals surface area contributed by atoms with Crippen molar-refractivity contribution < 1.29 is 18.6 Å². The lowest BCUT2D eigenvalue weighted by Gasteiger charge is -2.20. The smallest absolute Gasteiger partial charge is 0.159 e. The molecule has 1 saturated heterocycles. The fourth-order valence-corrected chi connectivity index (χ4v) is 2.05. The first-order valence-corrected chi connectivity index (χ1v) is 5.98. The van der Waals surface area contributed by atoms with E-state index >= 15 is 0 Å². The average molecular weight is 255 g/mol. The molecule has 0 saturated carbocycles. The second kappa shape index (κ2) is 6.13. The predicted molar refractivity (Wildman–Crippen MR) is 65.1 cm³/mol. The third-order valence-corrected chi connectivity index (χ3v) is 3.05. The predicted octanol–water partition coefficient (Wildman–Crippen LogP) is 1.86. The number of ether oxygens (including phenoxy) is 3. The van der Waals surface area contributed by atoms with Gasteiger partial charge in [0, 0.05) is 24.1 Å². The van der Waals surface area contributed by atoms with Crippen molar-refractivity contribution in [1.82, 2.24) is 5.32 Å². The van der Waals surface area contributed by atoms with Gasteiger partial charge in [-0.25, -0.2) is 4.39 Å². The van der Waals surface area contributed by atoms with Crippen LogP contribution >= 0.6 is 0 Å². The Morgan fingerprint density at radius 3 is 2.72 bits per heavy atom. The van der Waals surface area contributed by atoms with Crippen LogP contribution in [0.2, 0.25) is 0 Å². The summed E-state index contributed by atoms with van der Waals surface area (Å²) in [5.41, 5.74) is 0.595. The molecule has 1 aromatic carbocycles. The lowest BCUT2D eigenvalue weighted by atomic mass is 10.0. The number of rotatable bonds is 5. The number of benzene rings is 1. The summed E-state index contributed by atoms with van der Waals surface area (Å²) < 4.78 is 29.7. The van der Waals surface area contributed by atoms with Crippen molar-refractivity contribution in [1.29, 1.82) is 0 Å². The minimum atomic E-state index is -0.285. The number of hydrogen-bond donors (Lipinski definition) is 1. The molecule has 0 bridgehead atoms. The van der Waals surface area contributed by atoms with Gasteiger partial charge in [-0.1, -0.05) is 6.07 Å². The van der Waals surface area contributed by atoms with Crippen molar-refractivity contribution in [2.45, 2.75) is 18.8 Å². The summed E-state index contributed by atoms with van der Waals surface area (Å²) in [7, 11) is 3.31. The van der Waals surface area contributed by atoms with Gasteiger partial charge in [0.2, 0.25) is 0 Å². The van der Waals surface area contributed by atoms with Gasteiger partial charge in [0.25, 0.3) is 0 Å². The summed E-state index contributed by atoms with van der Waals surface area (Å²) in [6.45, 7) is 1.21. The molecule has 0 aliphatic carbocycles. The molecular weight excluding hydrogens is 237 g/mol. The van der Waals surface area contributed by atoms with Crippen LogP contribution in [0.1, 0.15) is 18.0 Å². The average Bonchev–Trinajstić information content (AvgIpc) is 2.89. The van der Waals surface area contributed by atoms with E-state index in [1.54, 1.807) is 19.2 Å². The molecule has 1 heterocycles. The minimum Gasteiger partial charge on any atom is -0.497 e. The number of hydrogen-bond acceptors (Lipinski definition) is 4. The summed E-state index contributed by atoms with van der Waals surface area (Å²) in [5.74, 6) is 0.228. The SMILES string of the molecule is CNC(CC1OCCO1)c1ccc(OC)cc1F. The normalized spacial score (nSPS) is 17.9. The summed E-state index contributed by atoms with van der Waals surface area (Å²) in [6, 6.07) is 4.72. The standard InChI is InChI=1S/C13H18FNO3/c1-15-12(8-13-17-5-6-18-13)10-4-3-9(16-2)7-11(10)14/h3-4,7,12-13,15H,5-6,8H2,1-2H3. The van der Waals surface area contributed by atoms with Gasteiger partial charge in [-0.2, -0.15) is 0 Å². The van der Waals surface area contributed by atoms with Gasteiger partial charge in [-0.3, -0.25) is 0 Å². The first-order chi connectivity index (χ1) is 8.74. The molecule has 0 spiro atoms. The summed E-state index contributed by atoms with van der Waals surface area (Å²) in [4.78, 5) is 0. The van der Waals surface area contributed by atoms with Crippen molar-refractivity contribution in [3.8, 4) is 5.75 Å². The first kappa shape index (κ1) is 13.3. The van der Waals surface area contributed by atoms with Crippen LogP contribution in [0.3, 0.4) is 0 Å². The van der Waals surface area contributed by atoms with E-state index in [9.17, 15) is 4.39 Å². The molecule has 4 nitrogen and oxygen atoms in total. The second-order valence-electron chi connectivity index (χ2n) is 4.14. The monoisotopic (exact) mass is 255 g/mol. The lowest BCUT2D eigenvalue weighted by Crippen LogP contribution is -2.23. The Morgan fingerprint density at radius 1 is 1.44 bits per heavy atom. The Morgan fingerprint density at radius 2 is 2.17 bits per heavy atom. The molecule has 1 aromatic rings. The van der Waals surface area contributed by atoms with Gasteiger partial charge in [-0.15, -0.1) is 0 Å². The second-order valence-corrected chi connectivity index (χ2v) is 4.14. The van der Waals surface area contributed by atoms with Gasteiger partial charge < -0.3 is 19.5 Å². The molecule has 1 N–H and O–H groups in total. The fourth-order valence-electron chi connectivity index (χ4n) is 2.05. The van der Waals surface area contributed by atoms with Crippen LogP contribution in [0.15, 0.2) is 18.2 Å².